The van der Waals surface area contributed by atoms with E-state index < -0.39 is 5.82 Å². The molecule has 0 aliphatic rings. The fourth-order valence-corrected chi connectivity index (χ4v) is 1.41. The molecule has 1 aromatic heterocycles. The van der Waals surface area contributed by atoms with Crippen molar-refractivity contribution in [2.45, 2.75) is 46.0 Å². The van der Waals surface area contributed by atoms with Crippen LogP contribution in [-0.4, -0.2) is 12.6 Å². The summed E-state index contributed by atoms with van der Waals surface area (Å²) in [5.41, 5.74) is 0. The van der Waals surface area contributed by atoms with Crippen molar-refractivity contribution in [1.29, 1.82) is 0 Å². The third-order valence-electron chi connectivity index (χ3n) is 2.38. The largest absolute Gasteiger partial charge is 0.519 e. The Bertz CT molecular complexity index is 401. The van der Waals surface area contributed by atoms with Crippen molar-refractivity contribution in [2.24, 2.45) is 0 Å². The van der Waals surface area contributed by atoms with Crippen LogP contribution in [0.1, 0.15) is 44.1 Å². The maximum atomic E-state index is 11.2. The summed E-state index contributed by atoms with van der Waals surface area (Å²) < 4.78 is 14.6. The number of esters is 1. The van der Waals surface area contributed by atoms with Crippen LogP contribution in [0.4, 0.5) is 0 Å². The third kappa shape index (κ3) is 4.89. The number of carbonyl (C=O) groups excluding carboxylic acids is 1. The zero-order valence-electron chi connectivity index (χ0n) is 10.3. The molecule has 1 aromatic rings. The first-order chi connectivity index (χ1) is 8.13. The van der Waals surface area contributed by atoms with Crippen LogP contribution in [0.15, 0.2) is 13.6 Å². The zero-order valence-corrected chi connectivity index (χ0v) is 10.3. The van der Waals surface area contributed by atoms with Gasteiger partial charge in [-0.25, -0.2) is 4.79 Å². The van der Waals surface area contributed by atoms with Crippen molar-refractivity contribution >= 4 is 5.97 Å². The van der Waals surface area contributed by atoms with Crippen LogP contribution in [0.5, 0.6) is 0 Å². The number of hydrogen-bond donors (Lipinski definition) is 0. The van der Waals surface area contributed by atoms with E-state index in [0.29, 0.717) is 37.4 Å². The van der Waals surface area contributed by atoms with Gasteiger partial charge in [0.05, 0.1) is 6.61 Å². The summed E-state index contributed by atoms with van der Waals surface area (Å²) >= 11 is 0. The van der Waals surface area contributed by atoms with Crippen LogP contribution in [0, 0.1) is 6.92 Å². The van der Waals surface area contributed by atoms with Crippen LogP contribution in [0.3, 0.4) is 0 Å². The Labute approximate surface area is 99.8 Å². The molecule has 0 atom stereocenters. The summed E-state index contributed by atoms with van der Waals surface area (Å²) in [5, 5.41) is 0. The number of unbranched alkanes of at least 4 members (excludes halogenated alkanes) is 1. The van der Waals surface area contributed by atoms with Gasteiger partial charge in [-0.05, 0) is 19.8 Å². The van der Waals surface area contributed by atoms with E-state index in [-0.39, 0.29) is 5.97 Å². The van der Waals surface area contributed by atoms with Crippen molar-refractivity contribution in [1.82, 2.24) is 0 Å². The Balaban J connectivity index is 2.18. The van der Waals surface area contributed by atoms with E-state index in [9.17, 15) is 9.59 Å². The molecule has 0 aliphatic carbocycles. The van der Waals surface area contributed by atoms with Crippen molar-refractivity contribution < 1.29 is 18.4 Å². The van der Waals surface area contributed by atoms with Gasteiger partial charge in [-0.15, -0.1) is 0 Å². The fourth-order valence-electron chi connectivity index (χ4n) is 1.41. The number of aryl methyl sites for hydroxylation is 2. The van der Waals surface area contributed by atoms with Gasteiger partial charge in [0.25, 0.3) is 0 Å². The van der Waals surface area contributed by atoms with Gasteiger partial charge in [0, 0.05) is 12.8 Å². The molecule has 0 amide bonds. The van der Waals surface area contributed by atoms with Gasteiger partial charge < -0.3 is 13.6 Å². The Morgan fingerprint density at radius 1 is 1.29 bits per heavy atom. The number of hydrogen-bond acceptors (Lipinski definition) is 5. The summed E-state index contributed by atoms with van der Waals surface area (Å²) in [7, 11) is 0. The van der Waals surface area contributed by atoms with Crippen LogP contribution in [-0.2, 0) is 16.0 Å². The average molecular weight is 242 g/mol. The van der Waals surface area contributed by atoms with Gasteiger partial charge in [-0.1, -0.05) is 13.3 Å². The fraction of sp³-hybridized carbons (Fsp3) is 0.667. The number of carbonyl (C=O) groups is 1. The summed E-state index contributed by atoms with van der Waals surface area (Å²) in [6, 6.07) is 0. The second-order valence-corrected chi connectivity index (χ2v) is 3.86. The first-order valence-corrected chi connectivity index (χ1v) is 5.88. The molecule has 0 bridgehead atoms. The van der Waals surface area contributed by atoms with E-state index in [4.69, 9.17) is 13.6 Å². The minimum Gasteiger partial charge on any atom is -0.466 e. The second kappa shape index (κ2) is 6.93. The molecule has 0 N–H and O–H groups in total. The lowest BCUT2D eigenvalue weighted by molar-refractivity contribution is -0.143. The van der Waals surface area contributed by atoms with Crippen LogP contribution in [0.25, 0.3) is 0 Å². The molecule has 0 spiro atoms. The molecular weight excluding hydrogens is 224 g/mol. The van der Waals surface area contributed by atoms with Crippen LogP contribution >= 0.6 is 0 Å². The lowest BCUT2D eigenvalue weighted by Crippen LogP contribution is -2.06. The quantitative estimate of drug-likeness (QED) is 0.541. The Morgan fingerprint density at radius 3 is 2.65 bits per heavy atom. The van der Waals surface area contributed by atoms with Gasteiger partial charge in [-0.3, -0.25) is 4.79 Å². The molecule has 0 fully saturated rings. The van der Waals surface area contributed by atoms with E-state index in [1.54, 1.807) is 6.92 Å². The smallest absolute Gasteiger partial charge is 0.466 e. The highest BCUT2D eigenvalue weighted by Gasteiger charge is 2.08. The molecule has 17 heavy (non-hydrogen) atoms. The van der Waals surface area contributed by atoms with Crippen molar-refractivity contribution in [3.05, 3.63) is 22.1 Å². The van der Waals surface area contributed by atoms with E-state index >= 15 is 0 Å². The minimum absolute atomic E-state index is 0.169. The molecule has 1 rings (SSSR count). The number of rotatable bonds is 7. The van der Waals surface area contributed by atoms with Crippen LogP contribution in [0.2, 0.25) is 0 Å². The van der Waals surface area contributed by atoms with E-state index in [1.165, 1.54) is 0 Å². The summed E-state index contributed by atoms with van der Waals surface area (Å²) in [6.45, 7) is 4.04. The lowest BCUT2D eigenvalue weighted by Gasteiger charge is -2.03. The normalized spacial score (nSPS) is 10.5. The van der Waals surface area contributed by atoms with Crippen LogP contribution < -0.4 is 5.82 Å². The highest BCUT2D eigenvalue weighted by molar-refractivity contribution is 5.69. The molecule has 1 heterocycles. The standard InChI is InChI=1S/C12H18O5/c1-3-4-7-11(13)15-8-5-6-10-9(2)16-12(14)17-10/h3-8H2,1-2H3. The highest BCUT2D eigenvalue weighted by atomic mass is 16.6. The predicted octanol–water partition coefficient (Wildman–Crippen LogP) is 2.21. The molecule has 0 aromatic carbocycles. The minimum atomic E-state index is -0.683. The Hall–Kier alpha value is -1.52. The average Bonchev–Trinajstić information content (AvgIpc) is 2.60. The summed E-state index contributed by atoms with van der Waals surface area (Å²) in [6.07, 6.45) is 3.47. The molecule has 5 nitrogen and oxygen atoms in total. The van der Waals surface area contributed by atoms with Gasteiger partial charge in [0.15, 0.2) is 0 Å². The molecule has 0 aliphatic heterocycles. The monoisotopic (exact) mass is 242 g/mol. The molecule has 5 heteroatoms. The first-order valence-electron chi connectivity index (χ1n) is 5.88. The van der Waals surface area contributed by atoms with Crippen molar-refractivity contribution in [3.63, 3.8) is 0 Å². The van der Waals surface area contributed by atoms with E-state index in [0.717, 1.165) is 12.8 Å². The SMILES string of the molecule is CCCCC(=O)OCCCc1oc(=O)oc1C. The lowest BCUT2D eigenvalue weighted by atomic mass is 10.2. The van der Waals surface area contributed by atoms with Crippen molar-refractivity contribution in [2.75, 3.05) is 6.61 Å². The molecular formula is C12H18O5. The third-order valence-corrected chi connectivity index (χ3v) is 2.38. The molecule has 0 radical (unpaired) electrons. The molecule has 0 unspecified atom stereocenters. The maximum absolute atomic E-state index is 11.2. The highest BCUT2D eigenvalue weighted by Crippen LogP contribution is 2.08. The Kier molecular flexibility index (Phi) is 5.52. The molecule has 96 valence electrons. The van der Waals surface area contributed by atoms with Gasteiger partial charge in [0.2, 0.25) is 0 Å². The van der Waals surface area contributed by atoms with Crippen molar-refractivity contribution in [3.8, 4) is 0 Å². The van der Waals surface area contributed by atoms with Gasteiger partial charge in [-0.2, -0.15) is 0 Å². The maximum Gasteiger partial charge on any atom is 0.519 e. The summed E-state index contributed by atoms with van der Waals surface area (Å²) in [5.74, 6) is 0.168. The Morgan fingerprint density at radius 2 is 2.06 bits per heavy atom. The van der Waals surface area contributed by atoms with Gasteiger partial charge >= 0.3 is 11.8 Å². The summed E-state index contributed by atoms with van der Waals surface area (Å²) in [4.78, 5) is 21.9. The van der Waals surface area contributed by atoms with Gasteiger partial charge in [0.1, 0.15) is 11.5 Å². The second-order valence-electron chi connectivity index (χ2n) is 3.86. The molecule has 0 saturated heterocycles. The van der Waals surface area contributed by atoms with E-state index in [2.05, 4.69) is 0 Å². The number of ether oxygens (including phenoxy) is 1. The first kappa shape index (κ1) is 13.5. The zero-order chi connectivity index (χ0) is 12.7. The van der Waals surface area contributed by atoms with E-state index in [1.807, 2.05) is 6.92 Å². The molecule has 0 saturated carbocycles. The predicted molar refractivity (Wildman–Crippen MR) is 60.8 cm³/mol. The topological polar surface area (TPSA) is 69.7 Å².